The molecule has 3 nitrogen and oxygen atoms in total. The van der Waals surface area contributed by atoms with Gasteiger partial charge in [-0.15, -0.1) is 0 Å². The van der Waals surface area contributed by atoms with Gasteiger partial charge in [-0.05, 0) is 13.0 Å². The van der Waals surface area contributed by atoms with E-state index in [1.54, 1.807) is 0 Å². The minimum absolute atomic E-state index is 0.0389. The second-order valence-electron chi connectivity index (χ2n) is 1.52. The summed E-state index contributed by atoms with van der Waals surface area (Å²) in [5.74, 6) is 0. The maximum absolute atomic E-state index is 8.29. The van der Waals surface area contributed by atoms with Crippen molar-refractivity contribution in [3.05, 3.63) is 0 Å². The van der Waals surface area contributed by atoms with E-state index < -0.39 is 0 Å². The summed E-state index contributed by atoms with van der Waals surface area (Å²) in [6.45, 7) is 0.596. The van der Waals surface area contributed by atoms with Gasteiger partial charge in [0, 0.05) is 6.04 Å². The summed E-state index contributed by atoms with van der Waals surface area (Å²) in [6, 6.07) is -0.120. The average Bonchev–Trinajstić information content (AvgIpc) is 1.68. The zero-order valence-electron chi connectivity index (χ0n) is 4.30. The highest BCUT2D eigenvalue weighted by Gasteiger charge is 1.94. The summed E-state index contributed by atoms with van der Waals surface area (Å²) in [7, 11) is 0. The number of hydrogen-bond donors (Lipinski definition) is 3. The van der Waals surface area contributed by atoms with Crippen molar-refractivity contribution < 1.29 is 5.11 Å². The van der Waals surface area contributed by atoms with Crippen LogP contribution in [0.3, 0.4) is 0 Å². The molecule has 0 aliphatic carbocycles. The Balaban J connectivity index is 2.83. The first-order valence-corrected chi connectivity index (χ1v) is 2.37. The third kappa shape index (κ3) is 3.72. The van der Waals surface area contributed by atoms with Gasteiger partial charge < -0.3 is 16.6 Å². The second-order valence-corrected chi connectivity index (χ2v) is 1.52. The van der Waals surface area contributed by atoms with E-state index in [1.807, 2.05) is 0 Å². The summed E-state index contributed by atoms with van der Waals surface area (Å²) in [5.41, 5.74) is 10.4. The van der Waals surface area contributed by atoms with Crippen LogP contribution in [-0.4, -0.2) is 24.3 Å². The predicted octanol–water partition coefficient (Wildman–Crippen LogP) is -1.35. The first-order chi connectivity index (χ1) is 3.31. The maximum Gasteiger partial charge on any atom is 0.0583 e. The van der Waals surface area contributed by atoms with Crippen LogP contribution in [0.2, 0.25) is 0 Å². The van der Waals surface area contributed by atoms with Gasteiger partial charge in [-0.2, -0.15) is 0 Å². The molecule has 0 radical (unpaired) electrons. The molecule has 0 rings (SSSR count). The molecule has 0 amide bonds. The molecule has 5 N–H and O–H groups in total. The molecule has 0 bridgehead atoms. The van der Waals surface area contributed by atoms with Gasteiger partial charge in [0.25, 0.3) is 0 Å². The van der Waals surface area contributed by atoms with Crippen LogP contribution < -0.4 is 11.5 Å². The molecular weight excluding hydrogens is 92.1 g/mol. The van der Waals surface area contributed by atoms with E-state index in [-0.39, 0.29) is 12.6 Å². The first kappa shape index (κ1) is 6.88. The van der Waals surface area contributed by atoms with Crippen LogP contribution in [0, 0.1) is 0 Å². The Hall–Kier alpha value is -0.120. The Labute approximate surface area is 43.3 Å². The number of rotatable bonds is 3. The number of nitrogens with two attached hydrogens (primary N) is 2. The topological polar surface area (TPSA) is 72.3 Å². The maximum atomic E-state index is 8.29. The minimum Gasteiger partial charge on any atom is -0.395 e. The van der Waals surface area contributed by atoms with Crippen molar-refractivity contribution in [2.45, 2.75) is 12.5 Å². The summed E-state index contributed by atoms with van der Waals surface area (Å²) in [6.07, 6.45) is 0.705. The molecule has 0 aliphatic heterocycles. The van der Waals surface area contributed by atoms with Crippen molar-refractivity contribution in [1.82, 2.24) is 0 Å². The Morgan fingerprint density at radius 3 is 2.29 bits per heavy atom. The second kappa shape index (κ2) is 4.05. The lowest BCUT2D eigenvalue weighted by Gasteiger charge is -2.02. The lowest BCUT2D eigenvalue weighted by molar-refractivity contribution is 0.261. The lowest BCUT2D eigenvalue weighted by Crippen LogP contribution is -2.27. The van der Waals surface area contributed by atoms with Gasteiger partial charge in [-0.25, -0.2) is 0 Å². The van der Waals surface area contributed by atoms with Crippen LogP contribution in [0.25, 0.3) is 0 Å². The lowest BCUT2D eigenvalue weighted by atomic mass is 10.2. The van der Waals surface area contributed by atoms with E-state index in [9.17, 15) is 0 Å². The van der Waals surface area contributed by atoms with Gasteiger partial charge in [0.05, 0.1) is 6.61 Å². The highest BCUT2D eigenvalue weighted by molar-refractivity contribution is 4.57. The summed E-state index contributed by atoms with van der Waals surface area (Å²) in [5, 5.41) is 8.29. The van der Waals surface area contributed by atoms with Crippen molar-refractivity contribution in [2.24, 2.45) is 11.5 Å². The number of aliphatic hydroxyl groups excluding tert-OH is 1. The fourth-order valence-corrected chi connectivity index (χ4v) is 0.305. The van der Waals surface area contributed by atoms with E-state index in [0.717, 1.165) is 0 Å². The van der Waals surface area contributed by atoms with E-state index in [0.29, 0.717) is 13.0 Å². The van der Waals surface area contributed by atoms with Gasteiger partial charge in [-0.3, -0.25) is 0 Å². The van der Waals surface area contributed by atoms with Crippen molar-refractivity contribution in [3.63, 3.8) is 0 Å². The Morgan fingerprint density at radius 1 is 1.57 bits per heavy atom. The molecule has 0 spiro atoms. The first-order valence-electron chi connectivity index (χ1n) is 2.37. The van der Waals surface area contributed by atoms with Crippen molar-refractivity contribution in [2.75, 3.05) is 13.2 Å². The van der Waals surface area contributed by atoms with Crippen LogP contribution in [0.4, 0.5) is 0 Å². The smallest absolute Gasteiger partial charge is 0.0583 e. The largest absolute Gasteiger partial charge is 0.395 e. The van der Waals surface area contributed by atoms with Crippen LogP contribution >= 0.6 is 0 Å². The summed E-state index contributed by atoms with van der Waals surface area (Å²) in [4.78, 5) is 0. The van der Waals surface area contributed by atoms with Gasteiger partial charge >= 0.3 is 0 Å². The predicted molar refractivity (Wildman–Crippen MR) is 28.7 cm³/mol. The molecule has 0 aromatic heterocycles. The molecule has 3 heteroatoms. The van der Waals surface area contributed by atoms with E-state index in [4.69, 9.17) is 16.6 Å². The number of hydrogen-bond acceptors (Lipinski definition) is 3. The van der Waals surface area contributed by atoms with E-state index in [2.05, 4.69) is 0 Å². The third-order valence-corrected chi connectivity index (χ3v) is 0.772. The summed E-state index contributed by atoms with van der Waals surface area (Å²) >= 11 is 0. The van der Waals surface area contributed by atoms with Crippen LogP contribution in [0.5, 0.6) is 0 Å². The van der Waals surface area contributed by atoms with Gasteiger partial charge in [0.1, 0.15) is 0 Å². The van der Waals surface area contributed by atoms with Crippen LogP contribution in [-0.2, 0) is 0 Å². The molecular formula is C4H12N2O. The molecule has 44 valence electrons. The van der Waals surface area contributed by atoms with E-state index in [1.165, 1.54) is 0 Å². The third-order valence-electron chi connectivity index (χ3n) is 0.772. The van der Waals surface area contributed by atoms with E-state index >= 15 is 0 Å². The Bertz CT molecular complexity index is 40.7. The quantitative estimate of drug-likeness (QED) is 0.414. The zero-order valence-corrected chi connectivity index (χ0v) is 4.30. The molecule has 0 fully saturated rings. The molecule has 0 unspecified atom stereocenters. The molecule has 0 heterocycles. The zero-order chi connectivity index (χ0) is 5.70. The molecule has 7 heavy (non-hydrogen) atoms. The molecule has 0 saturated heterocycles. The van der Waals surface area contributed by atoms with Crippen molar-refractivity contribution in [3.8, 4) is 0 Å². The fourth-order valence-electron chi connectivity index (χ4n) is 0.305. The summed E-state index contributed by atoms with van der Waals surface area (Å²) < 4.78 is 0. The standard InChI is InChI=1S/C4H12N2O/c5-2-1-4(6)3-7/h4,7H,1-3,5-6H2/t4-/m1/s1. The molecule has 0 aromatic rings. The Kier molecular flexibility index (Phi) is 3.98. The molecule has 1 atom stereocenters. The van der Waals surface area contributed by atoms with Gasteiger partial charge in [-0.1, -0.05) is 0 Å². The van der Waals surface area contributed by atoms with Crippen LogP contribution in [0.1, 0.15) is 6.42 Å². The van der Waals surface area contributed by atoms with Gasteiger partial charge in [0.2, 0.25) is 0 Å². The van der Waals surface area contributed by atoms with Gasteiger partial charge in [0.15, 0.2) is 0 Å². The molecule has 0 saturated carbocycles. The SMILES string of the molecule is NCC[C@@H](N)CO. The fraction of sp³-hybridized carbons (Fsp3) is 1.00. The Morgan fingerprint density at radius 2 is 2.14 bits per heavy atom. The highest BCUT2D eigenvalue weighted by atomic mass is 16.3. The number of aliphatic hydroxyl groups is 1. The minimum atomic E-state index is -0.120. The molecule has 0 aliphatic rings. The van der Waals surface area contributed by atoms with Crippen LogP contribution in [0.15, 0.2) is 0 Å². The highest BCUT2D eigenvalue weighted by Crippen LogP contribution is 1.79. The normalized spacial score (nSPS) is 14.1. The molecule has 0 aromatic carbocycles. The monoisotopic (exact) mass is 104 g/mol. The van der Waals surface area contributed by atoms with Crippen molar-refractivity contribution in [1.29, 1.82) is 0 Å². The van der Waals surface area contributed by atoms with Crippen molar-refractivity contribution >= 4 is 0 Å². The average molecular weight is 104 g/mol.